The maximum atomic E-state index is 12.9. The number of carbonyl (C=O) groups is 3. The second-order valence-electron chi connectivity index (χ2n) is 5.49. The molecule has 0 amide bonds. The van der Waals surface area contributed by atoms with E-state index in [4.69, 9.17) is 4.74 Å². The van der Waals surface area contributed by atoms with Gasteiger partial charge in [0, 0.05) is 5.75 Å². The topological polar surface area (TPSA) is 60.4 Å². The first kappa shape index (κ1) is 15.4. The second kappa shape index (κ2) is 5.16. The van der Waals surface area contributed by atoms with Gasteiger partial charge in [-0.25, -0.2) is 0 Å². The molecule has 0 radical (unpaired) electrons. The van der Waals surface area contributed by atoms with Crippen molar-refractivity contribution < 1.29 is 19.1 Å². The van der Waals surface area contributed by atoms with Gasteiger partial charge in [0.1, 0.15) is 20.0 Å². The lowest BCUT2D eigenvalue weighted by Gasteiger charge is -2.30. The Morgan fingerprint density at radius 3 is 2.57 bits per heavy atom. The molecule has 1 aromatic carbocycles. The molecule has 3 saturated heterocycles. The number of cyclic esters (lactones) is 2. The highest BCUT2D eigenvalue weighted by molar-refractivity contribution is 8.42. The highest BCUT2D eigenvalue weighted by Crippen LogP contribution is 2.78. The summed E-state index contributed by atoms with van der Waals surface area (Å²) in [4.78, 5) is 37.5. The first-order valence-electron chi connectivity index (χ1n) is 7.05. The van der Waals surface area contributed by atoms with Crippen LogP contribution in [0.5, 0.6) is 0 Å². The second-order valence-corrected chi connectivity index (χ2v) is 10.2. The molecule has 1 aromatic rings. The van der Waals surface area contributed by atoms with Crippen molar-refractivity contribution in [2.24, 2.45) is 11.8 Å². The molecule has 3 heterocycles. The molecule has 0 unspecified atom stereocenters. The van der Waals surface area contributed by atoms with Crippen LogP contribution in [0.4, 0.5) is 0 Å². The molecule has 2 bridgehead atoms. The zero-order valence-corrected chi connectivity index (χ0v) is 14.3. The number of rotatable bonds is 4. The van der Waals surface area contributed by atoms with Crippen LogP contribution < -0.4 is 0 Å². The van der Waals surface area contributed by atoms with Crippen LogP contribution in [0.25, 0.3) is 0 Å². The van der Waals surface area contributed by atoms with E-state index in [1.807, 2.05) is 30.3 Å². The third kappa shape index (κ3) is 1.87. The molecule has 0 saturated carbocycles. The van der Waals surface area contributed by atoms with Crippen LogP contribution in [0.2, 0.25) is 0 Å². The van der Waals surface area contributed by atoms with E-state index < -0.39 is 31.9 Å². The molecule has 23 heavy (non-hydrogen) atoms. The van der Waals surface area contributed by atoms with Gasteiger partial charge in [0.25, 0.3) is 0 Å². The van der Waals surface area contributed by atoms with Crippen LogP contribution in [-0.4, -0.2) is 26.2 Å². The Morgan fingerprint density at radius 2 is 1.87 bits per heavy atom. The molecular formula is C16H12O4S3. The van der Waals surface area contributed by atoms with Gasteiger partial charge in [-0.1, -0.05) is 48.2 Å². The van der Waals surface area contributed by atoms with Crippen LogP contribution in [0.3, 0.4) is 0 Å². The Morgan fingerprint density at radius 1 is 1.17 bits per heavy atom. The Bertz CT molecular complexity index is 734. The molecule has 0 aliphatic carbocycles. The fourth-order valence-corrected chi connectivity index (χ4v) is 9.24. The lowest BCUT2D eigenvalue weighted by Crippen LogP contribution is -2.43. The van der Waals surface area contributed by atoms with Gasteiger partial charge in [-0.2, -0.15) is 0 Å². The first-order chi connectivity index (χ1) is 11.0. The highest BCUT2D eigenvalue weighted by Gasteiger charge is 2.79. The Balaban J connectivity index is 1.90. The van der Waals surface area contributed by atoms with Gasteiger partial charge in [0.05, 0.1) is 0 Å². The van der Waals surface area contributed by atoms with Crippen molar-refractivity contribution in [3.8, 4) is 0 Å². The Labute approximate surface area is 145 Å². The fraction of sp³-hybridized carbons (Fsp3) is 0.312. The third-order valence-corrected chi connectivity index (χ3v) is 9.78. The minimum atomic E-state index is -1.03. The molecule has 118 valence electrons. The molecule has 4 atom stereocenters. The third-order valence-electron chi connectivity index (χ3n) is 4.31. The molecular weight excluding hydrogens is 352 g/mol. The average Bonchev–Trinajstić information content (AvgIpc) is 3.13. The number of hydrogen-bond donors (Lipinski definition) is 0. The summed E-state index contributed by atoms with van der Waals surface area (Å²) in [5, 5.41) is -0.0711. The summed E-state index contributed by atoms with van der Waals surface area (Å²) in [6.45, 7) is 3.71. The maximum absolute atomic E-state index is 12.9. The number of ether oxygens (including phenoxy) is 1. The molecule has 3 aliphatic rings. The zero-order chi connectivity index (χ0) is 16.2. The normalized spacial score (nSPS) is 37.8. The van der Waals surface area contributed by atoms with Gasteiger partial charge in [0.2, 0.25) is 5.12 Å². The van der Waals surface area contributed by atoms with Crippen LogP contribution in [0, 0.1) is 11.8 Å². The number of esters is 2. The van der Waals surface area contributed by atoms with E-state index in [1.165, 1.54) is 23.5 Å². The molecule has 7 heteroatoms. The monoisotopic (exact) mass is 364 g/mol. The van der Waals surface area contributed by atoms with Crippen LogP contribution in [0.15, 0.2) is 43.0 Å². The van der Waals surface area contributed by atoms with Crippen molar-refractivity contribution in [3.05, 3.63) is 48.6 Å². The van der Waals surface area contributed by atoms with Crippen LogP contribution >= 0.6 is 35.3 Å². The molecule has 0 aromatic heterocycles. The summed E-state index contributed by atoms with van der Waals surface area (Å²) in [5.41, 5.74) is 0.766. The smallest absolute Gasteiger partial charge is 0.320 e. The summed E-state index contributed by atoms with van der Waals surface area (Å²) >= 11 is 4.09. The summed E-state index contributed by atoms with van der Waals surface area (Å²) in [6.07, 6.45) is 1.74. The number of benzene rings is 1. The summed E-state index contributed by atoms with van der Waals surface area (Å²) in [7, 11) is 0. The van der Waals surface area contributed by atoms with E-state index in [-0.39, 0.29) is 5.12 Å². The quantitative estimate of drug-likeness (QED) is 0.462. The van der Waals surface area contributed by atoms with Gasteiger partial charge in [0.15, 0.2) is 0 Å². The standard InChI is InChI=1S/C16H12O4S3/c1-2-8-21-16-11-10(12(17)20-13(11)18)15(23-16,14(19)22-16)9-6-4-3-5-7-9/h2-7,10-11H,1,8H2/t10-,11+,15-,16-/m1/s1. The van der Waals surface area contributed by atoms with Crippen molar-refractivity contribution in [2.45, 2.75) is 8.16 Å². The summed E-state index contributed by atoms with van der Waals surface area (Å²) < 4.78 is 3.17. The minimum Gasteiger partial charge on any atom is -0.393 e. The van der Waals surface area contributed by atoms with Crippen molar-refractivity contribution in [3.63, 3.8) is 0 Å². The molecule has 3 aliphatic heterocycles. The van der Waals surface area contributed by atoms with Crippen molar-refractivity contribution in [2.75, 3.05) is 5.75 Å². The Kier molecular flexibility index (Phi) is 3.44. The molecule has 0 spiro atoms. The predicted octanol–water partition coefficient (Wildman–Crippen LogP) is 2.79. The lowest BCUT2D eigenvalue weighted by atomic mass is 9.79. The van der Waals surface area contributed by atoms with Crippen molar-refractivity contribution >= 4 is 52.3 Å². The van der Waals surface area contributed by atoms with Gasteiger partial charge >= 0.3 is 11.9 Å². The van der Waals surface area contributed by atoms with E-state index in [2.05, 4.69) is 6.58 Å². The number of thioether (sulfide) groups is 3. The minimum absolute atomic E-state index is 0.0711. The maximum Gasteiger partial charge on any atom is 0.320 e. The van der Waals surface area contributed by atoms with E-state index in [0.29, 0.717) is 5.75 Å². The van der Waals surface area contributed by atoms with Gasteiger partial charge in [-0.3, -0.25) is 14.4 Å². The highest BCUT2D eigenvalue weighted by atomic mass is 32.3. The number of carbonyl (C=O) groups excluding carboxylic acids is 3. The lowest BCUT2D eigenvalue weighted by molar-refractivity contribution is -0.154. The molecule has 4 rings (SSSR count). The van der Waals surface area contributed by atoms with Gasteiger partial charge < -0.3 is 4.74 Å². The average molecular weight is 364 g/mol. The predicted molar refractivity (Wildman–Crippen MR) is 91.8 cm³/mol. The number of fused-ring (bicyclic) bond motifs is 5. The molecule has 3 fully saturated rings. The number of hydrogen-bond acceptors (Lipinski definition) is 7. The van der Waals surface area contributed by atoms with Crippen molar-refractivity contribution in [1.82, 2.24) is 0 Å². The summed E-state index contributed by atoms with van der Waals surface area (Å²) in [5.74, 6) is -1.84. The van der Waals surface area contributed by atoms with Crippen LogP contribution in [0.1, 0.15) is 5.56 Å². The largest absolute Gasteiger partial charge is 0.393 e. The Hall–Kier alpha value is -1.18. The SMILES string of the molecule is C=CCS[C@]12SC(=O)[C@](c3ccccc3)(S1)[C@H]1C(=O)OC(=O)[C@H]12. The zero-order valence-electron chi connectivity index (χ0n) is 11.9. The summed E-state index contributed by atoms with van der Waals surface area (Å²) in [6, 6.07) is 9.24. The van der Waals surface area contributed by atoms with Gasteiger partial charge in [-0.15, -0.1) is 30.1 Å². The van der Waals surface area contributed by atoms with Crippen LogP contribution in [-0.2, 0) is 23.9 Å². The van der Waals surface area contributed by atoms with E-state index in [9.17, 15) is 14.4 Å². The fourth-order valence-electron chi connectivity index (χ4n) is 3.42. The molecule has 0 N–H and O–H groups in total. The van der Waals surface area contributed by atoms with E-state index in [1.54, 1.807) is 6.08 Å². The van der Waals surface area contributed by atoms with Gasteiger partial charge in [-0.05, 0) is 5.56 Å². The first-order valence-corrected chi connectivity index (χ1v) is 9.66. The van der Waals surface area contributed by atoms with E-state index >= 15 is 0 Å². The molecule has 4 nitrogen and oxygen atoms in total. The van der Waals surface area contributed by atoms with Crippen molar-refractivity contribution in [1.29, 1.82) is 0 Å². The van der Waals surface area contributed by atoms with E-state index in [0.717, 1.165) is 17.3 Å².